The molecule has 26 heavy (non-hydrogen) atoms. The van der Waals surface area contributed by atoms with Gasteiger partial charge in [-0.25, -0.2) is 0 Å². The molecule has 0 aromatic heterocycles. The van der Waals surface area contributed by atoms with Gasteiger partial charge in [-0.2, -0.15) is 15.8 Å². The molecule has 2 aliphatic rings. The van der Waals surface area contributed by atoms with Gasteiger partial charge in [0.05, 0.1) is 31.0 Å². The Balaban J connectivity index is 2.33. The first kappa shape index (κ1) is 17.7. The van der Waals surface area contributed by atoms with Crippen molar-refractivity contribution < 1.29 is 9.53 Å². The molecule has 7 heteroatoms. The Morgan fingerprint density at radius 3 is 2.15 bits per heavy atom. The number of methoxy groups -OCH3 is 1. The van der Waals surface area contributed by atoms with Crippen molar-refractivity contribution in [2.24, 2.45) is 28.4 Å². The molecule has 1 heterocycles. The fourth-order valence-corrected chi connectivity index (χ4v) is 4.81. The summed E-state index contributed by atoms with van der Waals surface area (Å²) >= 11 is 0. The highest BCUT2D eigenvalue weighted by atomic mass is 16.5. The van der Waals surface area contributed by atoms with Gasteiger partial charge in [0.15, 0.2) is 10.8 Å². The zero-order valence-corrected chi connectivity index (χ0v) is 14.8. The first-order valence-corrected chi connectivity index (χ1v) is 8.28. The van der Waals surface area contributed by atoms with Gasteiger partial charge in [0.2, 0.25) is 5.91 Å². The maximum atomic E-state index is 12.8. The number of hydrogen-bond acceptors (Lipinski definition) is 6. The van der Waals surface area contributed by atoms with Crippen LogP contribution in [0.4, 0.5) is 0 Å². The largest absolute Gasteiger partial charge is 0.497 e. The molecule has 7 nitrogen and oxygen atoms in total. The molecule has 132 valence electrons. The minimum atomic E-state index is -1.86. The van der Waals surface area contributed by atoms with E-state index in [1.807, 2.05) is 25.1 Å². The third kappa shape index (κ3) is 1.70. The lowest BCUT2D eigenvalue weighted by atomic mass is 9.45. The second kappa shape index (κ2) is 5.46. The number of nitrogens with one attached hydrogen (secondary N) is 1. The Hall–Kier alpha value is -3.08. The number of carbonyl (C=O) groups is 1. The lowest BCUT2D eigenvalue weighted by molar-refractivity contribution is -0.129. The SMILES string of the molecule is COc1ccc([C@@H]2[C@@H](C)[C@@]3(N)NC(=O)[C@@](C#N)([C@H]3C)C2(C#N)C#N)cc1. The first-order valence-electron chi connectivity index (χ1n) is 8.28. The summed E-state index contributed by atoms with van der Waals surface area (Å²) in [5.41, 5.74) is 2.30. The summed E-state index contributed by atoms with van der Waals surface area (Å²) in [6.45, 7) is 3.47. The van der Waals surface area contributed by atoms with E-state index in [2.05, 4.69) is 5.32 Å². The van der Waals surface area contributed by atoms with Crippen molar-refractivity contribution in [3.8, 4) is 24.0 Å². The van der Waals surface area contributed by atoms with E-state index < -0.39 is 40.2 Å². The number of hydrogen-bond donors (Lipinski definition) is 2. The number of nitrogens with zero attached hydrogens (tertiary/aromatic N) is 3. The van der Waals surface area contributed by atoms with Crippen LogP contribution < -0.4 is 15.8 Å². The number of amides is 1. The second-order valence-electron chi connectivity index (χ2n) is 7.10. The summed E-state index contributed by atoms with van der Waals surface area (Å²) in [5.74, 6) is -1.89. The van der Waals surface area contributed by atoms with E-state index in [1.165, 1.54) is 7.11 Å². The van der Waals surface area contributed by atoms with Crippen molar-refractivity contribution in [3.63, 3.8) is 0 Å². The van der Waals surface area contributed by atoms with Crippen molar-refractivity contribution in [3.05, 3.63) is 29.8 Å². The number of benzene rings is 1. The number of fused-ring (bicyclic) bond motifs is 2. The highest BCUT2D eigenvalue weighted by Gasteiger charge is 2.79. The highest BCUT2D eigenvalue weighted by Crippen LogP contribution is 2.66. The van der Waals surface area contributed by atoms with Crippen LogP contribution in [-0.4, -0.2) is 18.7 Å². The summed E-state index contributed by atoms with van der Waals surface area (Å²) in [4.78, 5) is 12.8. The molecule has 0 unspecified atom stereocenters. The lowest BCUT2D eigenvalue weighted by Gasteiger charge is -2.52. The Kier molecular flexibility index (Phi) is 3.72. The monoisotopic (exact) mass is 349 g/mol. The predicted octanol–water partition coefficient (Wildman–Crippen LogP) is 1.39. The third-order valence-electron chi connectivity index (χ3n) is 6.40. The van der Waals surface area contributed by atoms with Gasteiger partial charge in [-0.15, -0.1) is 0 Å². The quantitative estimate of drug-likeness (QED) is 0.828. The van der Waals surface area contributed by atoms with E-state index in [1.54, 1.807) is 31.2 Å². The average Bonchev–Trinajstić information content (AvgIpc) is 2.83. The van der Waals surface area contributed by atoms with Gasteiger partial charge in [0.25, 0.3) is 0 Å². The van der Waals surface area contributed by atoms with E-state index in [0.717, 1.165) is 0 Å². The van der Waals surface area contributed by atoms with Gasteiger partial charge in [-0.1, -0.05) is 26.0 Å². The number of nitriles is 3. The van der Waals surface area contributed by atoms with E-state index in [4.69, 9.17) is 10.5 Å². The predicted molar refractivity (Wildman–Crippen MR) is 90.8 cm³/mol. The molecule has 3 N–H and O–H groups in total. The molecule has 5 atom stereocenters. The molecule has 2 fully saturated rings. The normalized spacial score (nSPS) is 37.0. The number of nitrogens with two attached hydrogens (primary N) is 1. The van der Waals surface area contributed by atoms with Gasteiger partial charge >= 0.3 is 0 Å². The molecule has 0 radical (unpaired) electrons. The molecule has 1 saturated heterocycles. The second-order valence-corrected chi connectivity index (χ2v) is 7.10. The van der Waals surface area contributed by atoms with Gasteiger partial charge in [-0.3, -0.25) is 4.79 Å². The van der Waals surface area contributed by atoms with E-state index in [9.17, 15) is 20.6 Å². The molecule has 1 aliphatic carbocycles. The Bertz CT molecular complexity index is 876. The van der Waals surface area contributed by atoms with Crippen molar-refractivity contribution in [1.82, 2.24) is 5.32 Å². The standard InChI is InChI=1S/C19H19N5O2/c1-11-15(13-4-6-14(26-3)7-5-13)17(8-20,9-21)18(10-22)12(2)19(11,23)24-16(18)25/h4-7,11-12,15H,23H2,1-3H3,(H,24,25)/t11-,12-,15+,18-,19-/m1/s1. The number of rotatable bonds is 2. The Labute approximate surface area is 152 Å². The molecular formula is C19H19N5O2. The molecule has 3 rings (SSSR count). The molecule has 2 bridgehead atoms. The van der Waals surface area contributed by atoms with Crippen LogP contribution in [-0.2, 0) is 4.79 Å². The molecule has 1 aromatic carbocycles. The maximum Gasteiger partial charge on any atom is 0.245 e. The molecule has 1 aromatic rings. The van der Waals surface area contributed by atoms with Gasteiger partial charge in [-0.05, 0) is 17.7 Å². The van der Waals surface area contributed by atoms with Gasteiger partial charge in [0.1, 0.15) is 5.75 Å². The van der Waals surface area contributed by atoms with E-state index >= 15 is 0 Å². The summed E-state index contributed by atoms with van der Waals surface area (Å²) in [6.07, 6.45) is 0. The third-order valence-corrected chi connectivity index (χ3v) is 6.40. The van der Waals surface area contributed by atoms with Crippen LogP contribution in [0.2, 0.25) is 0 Å². The van der Waals surface area contributed by atoms with Crippen LogP contribution in [0.25, 0.3) is 0 Å². The van der Waals surface area contributed by atoms with Crippen LogP contribution >= 0.6 is 0 Å². The maximum absolute atomic E-state index is 12.8. The summed E-state index contributed by atoms with van der Waals surface area (Å²) in [7, 11) is 1.54. The van der Waals surface area contributed by atoms with Crippen molar-refractivity contribution in [1.29, 1.82) is 15.8 Å². The highest BCUT2D eigenvalue weighted by molar-refractivity contribution is 5.93. The molecule has 1 amide bonds. The Morgan fingerprint density at radius 2 is 1.69 bits per heavy atom. The zero-order chi connectivity index (χ0) is 19.3. The van der Waals surface area contributed by atoms with Crippen LogP contribution in [0, 0.1) is 56.7 Å². The molecule has 1 aliphatic heterocycles. The van der Waals surface area contributed by atoms with Crippen LogP contribution in [0.3, 0.4) is 0 Å². The number of ether oxygens (including phenoxy) is 1. The van der Waals surface area contributed by atoms with E-state index in [0.29, 0.717) is 11.3 Å². The van der Waals surface area contributed by atoms with Crippen molar-refractivity contribution >= 4 is 5.91 Å². The van der Waals surface area contributed by atoms with Crippen LogP contribution in [0.5, 0.6) is 5.75 Å². The fourth-order valence-electron chi connectivity index (χ4n) is 4.81. The Morgan fingerprint density at radius 1 is 1.12 bits per heavy atom. The van der Waals surface area contributed by atoms with E-state index in [-0.39, 0.29) is 0 Å². The first-order chi connectivity index (χ1) is 12.3. The van der Waals surface area contributed by atoms with Gasteiger partial charge in [0, 0.05) is 17.8 Å². The molecular weight excluding hydrogens is 330 g/mol. The molecule has 0 spiro atoms. The molecule has 1 saturated carbocycles. The number of carbonyl (C=O) groups excluding carboxylic acids is 1. The topological polar surface area (TPSA) is 136 Å². The van der Waals surface area contributed by atoms with Crippen LogP contribution in [0.15, 0.2) is 24.3 Å². The zero-order valence-electron chi connectivity index (χ0n) is 14.8. The summed E-state index contributed by atoms with van der Waals surface area (Å²) in [6, 6.07) is 13.0. The lowest BCUT2D eigenvalue weighted by Crippen LogP contribution is -2.66. The minimum absolute atomic E-state index is 0.446. The average molecular weight is 349 g/mol. The van der Waals surface area contributed by atoms with Crippen molar-refractivity contribution in [2.75, 3.05) is 7.11 Å². The fraction of sp³-hybridized carbons (Fsp3) is 0.474. The summed E-state index contributed by atoms with van der Waals surface area (Å²) in [5, 5.41) is 32.8. The summed E-state index contributed by atoms with van der Waals surface area (Å²) < 4.78 is 5.16. The van der Waals surface area contributed by atoms with Crippen LogP contribution in [0.1, 0.15) is 25.3 Å². The van der Waals surface area contributed by atoms with Crippen molar-refractivity contribution in [2.45, 2.75) is 25.4 Å². The minimum Gasteiger partial charge on any atom is -0.497 e. The van der Waals surface area contributed by atoms with Gasteiger partial charge < -0.3 is 15.8 Å². The smallest absolute Gasteiger partial charge is 0.245 e.